The van der Waals surface area contributed by atoms with E-state index < -0.39 is 0 Å². The SMILES string of the molecule is Cc1cccc([C@@H](C)NCCc2cccs2)c1. The van der Waals surface area contributed by atoms with Crippen molar-refractivity contribution in [2.45, 2.75) is 26.3 Å². The van der Waals surface area contributed by atoms with Crippen LogP contribution < -0.4 is 5.32 Å². The second-order valence-corrected chi connectivity index (χ2v) is 5.45. The second-order valence-electron chi connectivity index (χ2n) is 4.42. The van der Waals surface area contributed by atoms with Gasteiger partial charge in [-0.2, -0.15) is 0 Å². The number of rotatable bonds is 5. The van der Waals surface area contributed by atoms with Crippen LogP contribution in [-0.2, 0) is 6.42 Å². The molecule has 0 unspecified atom stereocenters. The highest BCUT2D eigenvalue weighted by Crippen LogP contribution is 2.14. The van der Waals surface area contributed by atoms with Gasteiger partial charge in [0.05, 0.1) is 0 Å². The summed E-state index contributed by atoms with van der Waals surface area (Å²) in [5.41, 5.74) is 2.70. The van der Waals surface area contributed by atoms with Crippen molar-refractivity contribution in [3.63, 3.8) is 0 Å². The quantitative estimate of drug-likeness (QED) is 0.841. The third kappa shape index (κ3) is 3.69. The summed E-state index contributed by atoms with van der Waals surface area (Å²) < 4.78 is 0. The van der Waals surface area contributed by atoms with E-state index in [1.54, 1.807) is 0 Å². The molecule has 0 radical (unpaired) electrons. The van der Waals surface area contributed by atoms with Crippen molar-refractivity contribution in [1.82, 2.24) is 5.32 Å². The molecular weight excluding hydrogens is 226 g/mol. The molecule has 2 aromatic rings. The number of nitrogens with one attached hydrogen (secondary N) is 1. The Morgan fingerprint density at radius 3 is 2.82 bits per heavy atom. The van der Waals surface area contributed by atoms with Crippen molar-refractivity contribution in [1.29, 1.82) is 0 Å². The van der Waals surface area contributed by atoms with Crippen LogP contribution in [0.2, 0.25) is 0 Å². The van der Waals surface area contributed by atoms with Crippen LogP contribution in [-0.4, -0.2) is 6.54 Å². The molecular formula is C15H19NS. The van der Waals surface area contributed by atoms with Crippen molar-refractivity contribution in [2.75, 3.05) is 6.54 Å². The zero-order valence-electron chi connectivity index (χ0n) is 10.4. The highest BCUT2D eigenvalue weighted by Gasteiger charge is 2.04. The van der Waals surface area contributed by atoms with Crippen molar-refractivity contribution in [2.24, 2.45) is 0 Å². The Hall–Kier alpha value is -1.12. The van der Waals surface area contributed by atoms with Gasteiger partial charge < -0.3 is 5.32 Å². The Bertz CT molecular complexity index is 448. The third-order valence-electron chi connectivity index (χ3n) is 2.94. The fourth-order valence-electron chi connectivity index (χ4n) is 1.92. The highest BCUT2D eigenvalue weighted by atomic mass is 32.1. The topological polar surface area (TPSA) is 12.0 Å². The van der Waals surface area contributed by atoms with E-state index in [0.717, 1.165) is 13.0 Å². The number of benzene rings is 1. The smallest absolute Gasteiger partial charge is 0.0292 e. The molecule has 0 amide bonds. The second kappa shape index (κ2) is 5.99. The normalized spacial score (nSPS) is 12.6. The molecule has 2 heteroatoms. The van der Waals surface area contributed by atoms with Gasteiger partial charge in [-0.3, -0.25) is 0 Å². The van der Waals surface area contributed by atoms with E-state index in [1.165, 1.54) is 16.0 Å². The van der Waals surface area contributed by atoms with Gasteiger partial charge in [0.2, 0.25) is 0 Å². The molecule has 2 rings (SSSR count). The highest BCUT2D eigenvalue weighted by molar-refractivity contribution is 7.09. The van der Waals surface area contributed by atoms with Crippen molar-refractivity contribution in [3.8, 4) is 0 Å². The first kappa shape index (κ1) is 12.3. The summed E-state index contributed by atoms with van der Waals surface area (Å²) in [5, 5.41) is 5.71. The van der Waals surface area contributed by atoms with Crippen molar-refractivity contribution < 1.29 is 0 Å². The van der Waals surface area contributed by atoms with Crippen LogP contribution in [0.1, 0.15) is 29.0 Å². The van der Waals surface area contributed by atoms with Crippen LogP contribution in [0.5, 0.6) is 0 Å². The molecule has 0 aliphatic rings. The lowest BCUT2D eigenvalue weighted by Gasteiger charge is -2.14. The predicted molar refractivity (Wildman–Crippen MR) is 75.6 cm³/mol. The molecule has 1 aromatic heterocycles. The maximum absolute atomic E-state index is 3.57. The van der Waals surface area contributed by atoms with Gasteiger partial charge in [0.25, 0.3) is 0 Å². The zero-order chi connectivity index (χ0) is 12.1. The summed E-state index contributed by atoms with van der Waals surface area (Å²) in [6.07, 6.45) is 1.12. The summed E-state index contributed by atoms with van der Waals surface area (Å²) in [5.74, 6) is 0. The van der Waals surface area contributed by atoms with Gasteiger partial charge in [-0.15, -0.1) is 11.3 Å². The average Bonchev–Trinajstić information content (AvgIpc) is 2.82. The molecule has 0 spiro atoms. The van der Waals surface area contributed by atoms with Gasteiger partial charge in [-0.1, -0.05) is 35.9 Å². The molecule has 1 nitrogen and oxygen atoms in total. The largest absolute Gasteiger partial charge is 0.310 e. The maximum Gasteiger partial charge on any atom is 0.0292 e. The Kier molecular flexibility index (Phi) is 4.35. The van der Waals surface area contributed by atoms with Crippen molar-refractivity contribution >= 4 is 11.3 Å². The van der Waals surface area contributed by atoms with Crippen LogP contribution >= 0.6 is 11.3 Å². The fraction of sp³-hybridized carbons (Fsp3) is 0.333. The van der Waals surface area contributed by atoms with Crippen LogP contribution in [0.4, 0.5) is 0 Å². The van der Waals surface area contributed by atoms with E-state index in [2.05, 4.69) is 60.9 Å². The van der Waals surface area contributed by atoms with E-state index in [1.807, 2.05) is 11.3 Å². The van der Waals surface area contributed by atoms with Crippen LogP contribution in [0.3, 0.4) is 0 Å². The van der Waals surface area contributed by atoms with Gasteiger partial charge in [0.1, 0.15) is 0 Å². The van der Waals surface area contributed by atoms with Crippen molar-refractivity contribution in [3.05, 3.63) is 57.8 Å². The summed E-state index contributed by atoms with van der Waals surface area (Å²) in [7, 11) is 0. The van der Waals surface area contributed by atoms with E-state index in [0.29, 0.717) is 6.04 Å². The monoisotopic (exact) mass is 245 g/mol. The minimum absolute atomic E-state index is 0.426. The van der Waals surface area contributed by atoms with Gasteiger partial charge in [-0.05, 0) is 37.3 Å². The third-order valence-corrected chi connectivity index (χ3v) is 3.88. The van der Waals surface area contributed by atoms with E-state index in [-0.39, 0.29) is 0 Å². The lowest BCUT2D eigenvalue weighted by molar-refractivity contribution is 0.578. The Labute approximate surface area is 108 Å². The van der Waals surface area contributed by atoms with E-state index in [4.69, 9.17) is 0 Å². The average molecular weight is 245 g/mol. The van der Waals surface area contributed by atoms with Gasteiger partial charge in [0.15, 0.2) is 0 Å². The molecule has 0 saturated heterocycles. The first-order chi connectivity index (χ1) is 8.25. The standard InChI is InChI=1S/C15H19NS/c1-12-5-3-6-14(11-12)13(2)16-9-8-15-7-4-10-17-15/h3-7,10-11,13,16H,8-9H2,1-2H3/t13-/m1/s1. The summed E-state index contributed by atoms with van der Waals surface area (Å²) in [6.45, 7) is 5.40. The van der Waals surface area contributed by atoms with E-state index >= 15 is 0 Å². The molecule has 0 saturated carbocycles. The summed E-state index contributed by atoms with van der Waals surface area (Å²) in [4.78, 5) is 1.45. The Morgan fingerprint density at radius 1 is 1.24 bits per heavy atom. The van der Waals surface area contributed by atoms with Gasteiger partial charge in [-0.25, -0.2) is 0 Å². The minimum Gasteiger partial charge on any atom is -0.310 e. The molecule has 0 bridgehead atoms. The molecule has 0 aliphatic carbocycles. The molecule has 17 heavy (non-hydrogen) atoms. The Morgan fingerprint density at radius 2 is 2.12 bits per heavy atom. The molecule has 0 aliphatic heterocycles. The van der Waals surface area contributed by atoms with Crippen LogP contribution in [0.15, 0.2) is 41.8 Å². The fourth-order valence-corrected chi connectivity index (χ4v) is 2.63. The van der Waals surface area contributed by atoms with Crippen LogP contribution in [0, 0.1) is 6.92 Å². The zero-order valence-corrected chi connectivity index (χ0v) is 11.3. The Balaban J connectivity index is 1.83. The molecule has 1 N–H and O–H groups in total. The first-order valence-corrected chi connectivity index (χ1v) is 6.96. The molecule has 0 fully saturated rings. The molecule has 1 atom stereocenters. The molecule has 90 valence electrons. The minimum atomic E-state index is 0.426. The first-order valence-electron chi connectivity index (χ1n) is 6.08. The summed E-state index contributed by atoms with van der Waals surface area (Å²) >= 11 is 1.83. The lowest BCUT2D eigenvalue weighted by atomic mass is 10.1. The van der Waals surface area contributed by atoms with Gasteiger partial charge in [0, 0.05) is 17.5 Å². The molecule has 1 heterocycles. The number of thiophene rings is 1. The van der Waals surface area contributed by atoms with Gasteiger partial charge >= 0.3 is 0 Å². The van der Waals surface area contributed by atoms with E-state index in [9.17, 15) is 0 Å². The number of aryl methyl sites for hydroxylation is 1. The summed E-state index contributed by atoms with van der Waals surface area (Å²) in [6, 6.07) is 13.4. The lowest BCUT2D eigenvalue weighted by Crippen LogP contribution is -2.21. The molecule has 1 aromatic carbocycles. The number of hydrogen-bond donors (Lipinski definition) is 1. The maximum atomic E-state index is 3.57. The van der Waals surface area contributed by atoms with Crippen LogP contribution in [0.25, 0.3) is 0 Å². The predicted octanol–water partition coefficient (Wildman–Crippen LogP) is 3.95. The number of hydrogen-bond acceptors (Lipinski definition) is 2.